The van der Waals surface area contributed by atoms with E-state index in [0.717, 1.165) is 5.56 Å². The Morgan fingerprint density at radius 3 is 2.33 bits per heavy atom. The van der Waals surface area contributed by atoms with Crippen LogP contribution in [-0.4, -0.2) is 124 Å². The SMILES string of the molecule is C[C@H]1C[C@H]2C(=O)OC[C@H](NC(=O)[C@H](Cc3ccccc3)NC(=O)Cc3ccccn3)C(=O)N3CCC[C@H]3C(=O)N3CCCC[C@H]3C(=O)N[C@@H](C)C(=O)N2C1. The molecule has 0 radical (unpaired) electrons. The second-order valence-corrected chi connectivity index (χ2v) is 14.8. The first kappa shape index (κ1) is 38.4. The van der Waals surface area contributed by atoms with Crippen LogP contribution in [0.4, 0.5) is 0 Å². The third-order valence-corrected chi connectivity index (χ3v) is 10.7. The Bertz CT molecular complexity index is 1730. The smallest absolute Gasteiger partial charge is 0.328 e. The van der Waals surface area contributed by atoms with Crippen LogP contribution in [0.15, 0.2) is 54.7 Å². The van der Waals surface area contributed by atoms with Gasteiger partial charge in [-0.15, -0.1) is 0 Å². The lowest BCUT2D eigenvalue weighted by Gasteiger charge is -2.39. The Kier molecular flexibility index (Phi) is 12.2. The van der Waals surface area contributed by atoms with Crippen molar-refractivity contribution < 1.29 is 38.3 Å². The largest absolute Gasteiger partial charge is 0.461 e. The molecular formula is C39H49N7O8. The normalized spacial score (nSPS) is 27.3. The number of cyclic esters (lactones) is 1. The van der Waals surface area contributed by atoms with Gasteiger partial charge >= 0.3 is 5.97 Å². The number of hydrogen-bond acceptors (Lipinski definition) is 9. The minimum Gasteiger partial charge on any atom is -0.461 e. The Labute approximate surface area is 314 Å². The van der Waals surface area contributed by atoms with Crippen molar-refractivity contribution in [3.8, 4) is 0 Å². The van der Waals surface area contributed by atoms with Crippen molar-refractivity contribution >= 4 is 41.4 Å². The number of pyridine rings is 1. The second-order valence-electron chi connectivity index (χ2n) is 14.8. The predicted octanol–water partition coefficient (Wildman–Crippen LogP) is 0.507. The first-order valence-corrected chi connectivity index (χ1v) is 18.9. The highest BCUT2D eigenvalue weighted by molar-refractivity contribution is 5.98. The van der Waals surface area contributed by atoms with Crippen molar-refractivity contribution in [3.05, 3.63) is 66.0 Å². The summed E-state index contributed by atoms with van der Waals surface area (Å²) in [4.78, 5) is 106. The molecule has 288 valence electrons. The van der Waals surface area contributed by atoms with Gasteiger partial charge in [-0.3, -0.25) is 33.8 Å². The van der Waals surface area contributed by atoms with Crippen LogP contribution in [0.3, 0.4) is 0 Å². The van der Waals surface area contributed by atoms with Crippen molar-refractivity contribution in [3.63, 3.8) is 0 Å². The summed E-state index contributed by atoms with van der Waals surface area (Å²) >= 11 is 0. The Morgan fingerprint density at radius 1 is 0.852 bits per heavy atom. The van der Waals surface area contributed by atoms with Gasteiger partial charge in [0, 0.05) is 37.9 Å². The van der Waals surface area contributed by atoms with E-state index in [1.165, 1.54) is 14.7 Å². The van der Waals surface area contributed by atoms with Crippen LogP contribution in [0.25, 0.3) is 0 Å². The third-order valence-electron chi connectivity index (χ3n) is 10.7. The lowest BCUT2D eigenvalue weighted by atomic mass is 9.99. The molecule has 6 amide bonds. The molecule has 15 nitrogen and oxygen atoms in total. The van der Waals surface area contributed by atoms with Crippen molar-refractivity contribution in [1.82, 2.24) is 35.6 Å². The van der Waals surface area contributed by atoms with E-state index in [4.69, 9.17) is 4.74 Å². The van der Waals surface area contributed by atoms with E-state index >= 15 is 0 Å². The fourth-order valence-corrected chi connectivity index (χ4v) is 7.96. The van der Waals surface area contributed by atoms with E-state index in [9.17, 15) is 33.6 Å². The van der Waals surface area contributed by atoms with Gasteiger partial charge in [0.2, 0.25) is 35.4 Å². The zero-order chi connectivity index (χ0) is 38.4. The molecule has 7 atom stereocenters. The van der Waals surface area contributed by atoms with Crippen LogP contribution < -0.4 is 16.0 Å². The van der Waals surface area contributed by atoms with Crippen molar-refractivity contribution in [1.29, 1.82) is 0 Å². The molecule has 15 heteroatoms. The number of nitrogens with zero attached hydrogens (tertiary/aromatic N) is 4. The summed E-state index contributed by atoms with van der Waals surface area (Å²) < 4.78 is 5.74. The molecule has 1 aromatic heterocycles. The second kappa shape index (κ2) is 17.2. The number of benzene rings is 1. The van der Waals surface area contributed by atoms with Gasteiger partial charge in [0.1, 0.15) is 42.9 Å². The van der Waals surface area contributed by atoms with Gasteiger partial charge in [0.25, 0.3) is 0 Å². The minimum absolute atomic E-state index is 0.0427. The van der Waals surface area contributed by atoms with Crippen molar-refractivity contribution in [2.45, 2.75) is 101 Å². The van der Waals surface area contributed by atoms with Crippen LogP contribution in [0.1, 0.15) is 63.6 Å². The summed E-state index contributed by atoms with van der Waals surface area (Å²) in [5.74, 6) is -3.86. The number of ether oxygens (including phenoxy) is 1. The summed E-state index contributed by atoms with van der Waals surface area (Å²) in [5.41, 5.74) is 1.26. The van der Waals surface area contributed by atoms with Gasteiger partial charge < -0.3 is 35.4 Å². The topological polar surface area (TPSA) is 187 Å². The zero-order valence-electron chi connectivity index (χ0n) is 30.8. The van der Waals surface area contributed by atoms with Gasteiger partial charge in [-0.2, -0.15) is 0 Å². The minimum atomic E-state index is -1.42. The molecule has 0 unspecified atom stereocenters. The first-order chi connectivity index (χ1) is 26.0. The van der Waals surface area contributed by atoms with E-state index < -0.39 is 78.4 Å². The maximum atomic E-state index is 14.5. The Hall–Kier alpha value is -5.34. The van der Waals surface area contributed by atoms with Crippen LogP contribution in [0.5, 0.6) is 0 Å². The van der Waals surface area contributed by atoms with E-state index in [0.29, 0.717) is 50.8 Å². The summed E-state index contributed by atoms with van der Waals surface area (Å²) in [7, 11) is 0. The fourth-order valence-electron chi connectivity index (χ4n) is 7.96. The number of fused-ring (bicyclic) bond motifs is 3. The highest BCUT2D eigenvalue weighted by atomic mass is 16.5. The Morgan fingerprint density at radius 2 is 1.57 bits per heavy atom. The number of carbonyl (C=O) groups is 7. The first-order valence-electron chi connectivity index (χ1n) is 18.9. The lowest BCUT2D eigenvalue weighted by molar-refractivity contribution is -0.158. The molecule has 2 aromatic rings. The predicted molar refractivity (Wildman–Crippen MR) is 194 cm³/mol. The Balaban J connectivity index is 1.30. The average molecular weight is 744 g/mol. The molecule has 4 saturated heterocycles. The summed E-state index contributed by atoms with van der Waals surface area (Å²) in [6, 6.07) is 8.07. The number of esters is 1. The van der Waals surface area contributed by atoms with E-state index in [-0.39, 0.29) is 37.8 Å². The molecule has 0 bridgehead atoms. The van der Waals surface area contributed by atoms with Crippen LogP contribution in [0.2, 0.25) is 0 Å². The molecule has 6 rings (SSSR count). The molecule has 0 saturated carbocycles. The molecule has 1 aromatic carbocycles. The molecular weight excluding hydrogens is 694 g/mol. The van der Waals surface area contributed by atoms with Gasteiger partial charge in [0.05, 0.1) is 6.42 Å². The molecule has 54 heavy (non-hydrogen) atoms. The van der Waals surface area contributed by atoms with Crippen molar-refractivity contribution in [2.24, 2.45) is 5.92 Å². The maximum Gasteiger partial charge on any atom is 0.328 e. The van der Waals surface area contributed by atoms with Crippen LogP contribution in [0, 0.1) is 5.92 Å². The molecule has 0 aliphatic carbocycles. The number of amides is 6. The van der Waals surface area contributed by atoms with Gasteiger partial charge in [-0.05, 0) is 69.1 Å². The van der Waals surface area contributed by atoms with Gasteiger partial charge in [-0.1, -0.05) is 43.3 Å². The maximum absolute atomic E-state index is 14.5. The summed E-state index contributed by atoms with van der Waals surface area (Å²) in [6.45, 7) is 3.70. The van der Waals surface area contributed by atoms with E-state index in [1.807, 2.05) is 37.3 Å². The average Bonchev–Trinajstić information content (AvgIpc) is 3.83. The highest BCUT2D eigenvalue weighted by Crippen LogP contribution is 2.28. The molecule has 4 aliphatic heterocycles. The zero-order valence-corrected chi connectivity index (χ0v) is 30.8. The standard InChI is InChI=1S/C39H49N7O8/c1-24-19-32-39(53)54-23-29(43-34(48)28(20-26-11-4-3-5-12-26)42-33(47)21-27-13-6-8-16-40-27)37(51)45-18-10-15-31(45)38(52)44-17-9-7-14-30(44)35(49)41-25(2)36(50)46(32)22-24/h3-6,8,11-13,16,24-25,28-32H,7,9-10,14-15,17-23H2,1-2H3,(H,41,49)(H,42,47)(H,43,48)/t24-,25-,28-,29-,30-,31-,32-/m0/s1. The lowest BCUT2D eigenvalue weighted by Crippen LogP contribution is -2.62. The van der Waals surface area contributed by atoms with E-state index in [1.54, 1.807) is 31.3 Å². The van der Waals surface area contributed by atoms with Crippen molar-refractivity contribution in [2.75, 3.05) is 26.2 Å². The number of hydrogen-bond donors (Lipinski definition) is 3. The quantitative estimate of drug-likeness (QED) is 0.340. The molecule has 3 N–H and O–H groups in total. The molecule has 0 spiro atoms. The summed E-state index contributed by atoms with van der Waals surface area (Å²) in [6.07, 6.45) is 4.55. The molecule has 4 aliphatic rings. The van der Waals surface area contributed by atoms with Crippen LogP contribution in [-0.2, 0) is 51.1 Å². The number of carbonyl (C=O) groups excluding carboxylic acids is 7. The number of aromatic nitrogens is 1. The third kappa shape index (κ3) is 8.88. The monoisotopic (exact) mass is 743 g/mol. The number of rotatable bonds is 7. The van der Waals surface area contributed by atoms with E-state index in [2.05, 4.69) is 20.9 Å². The fraction of sp³-hybridized carbons (Fsp3) is 0.538. The molecule has 4 fully saturated rings. The van der Waals surface area contributed by atoms with Gasteiger partial charge in [0.15, 0.2) is 0 Å². The van der Waals surface area contributed by atoms with Gasteiger partial charge in [-0.25, -0.2) is 4.79 Å². The number of nitrogens with one attached hydrogen (secondary N) is 3. The highest BCUT2D eigenvalue weighted by Gasteiger charge is 2.46. The summed E-state index contributed by atoms with van der Waals surface area (Å²) in [5, 5.41) is 8.33. The molecule has 5 heterocycles. The van der Waals surface area contributed by atoms with Crippen LogP contribution >= 0.6 is 0 Å². The number of piperidine rings is 1.